The van der Waals surface area contributed by atoms with Crippen molar-refractivity contribution in [2.24, 2.45) is 0 Å². The average molecular weight is 365 g/mol. The van der Waals surface area contributed by atoms with E-state index in [1.54, 1.807) is 18.2 Å². The van der Waals surface area contributed by atoms with Crippen molar-refractivity contribution in [1.82, 2.24) is 4.90 Å². The number of rotatable bonds is 4. The van der Waals surface area contributed by atoms with Gasteiger partial charge in [0.25, 0.3) is 0 Å². The van der Waals surface area contributed by atoms with Gasteiger partial charge in [-0.1, -0.05) is 42.8 Å². The molecule has 1 N–H and O–H groups in total. The van der Waals surface area contributed by atoms with E-state index in [1.807, 2.05) is 30.3 Å². The number of piperidine rings is 1. The third-order valence-corrected chi connectivity index (χ3v) is 5.48. The lowest BCUT2D eigenvalue weighted by atomic mass is 9.90. The summed E-state index contributed by atoms with van der Waals surface area (Å²) in [4.78, 5) is 2.29. The second-order valence-corrected chi connectivity index (χ2v) is 7.11. The SMILES string of the molecule is COc1ccc([C@@H](c2c(O)ccc3ccccc23)N2CCCCC2)c(F)c1. The number of halogens is 1. The molecule has 3 nitrogen and oxygen atoms in total. The molecule has 0 bridgehead atoms. The Bertz CT molecular complexity index is 950. The third kappa shape index (κ3) is 3.37. The number of methoxy groups -OCH3 is 1. The summed E-state index contributed by atoms with van der Waals surface area (Å²) in [7, 11) is 1.53. The molecular formula is C23H24FNO2. The molecule has 0 spiro atoms. The normalized spacial score (nSPS) is 16.4. The summed E-state index contributed by atoms with van der Waals surface area (Å²) >= 11 is 0. The Kier molecular flexibility index (Phi) is 4.99. The number of phenolic OH excluding ortho intramolecular Hbond substituents is 1. The van der Waals surface area contributed by atoms with Crippen LogP contribution < -0.4 is 4.74 Å². The van der Waals surface area contributed by atoms with Crippen LogP contribution in [-0.2, 0) is 0 Å². The van der Waals surface area contributed by atoms with Gasteiger partial charge in [-0.15, -0.1) is 0 Å². The Hall–Kier alpha value is -2.59. The van der Waals surface area contributed by atoms with Crippen LogP contribution in [-0.4, -0.2) is 30.2 Å². The fourth-order valence-corrected chi connectivity index (χ4v) is 4.14. The predicted octanol–water partition coefficient (Wildman–Crippen LogP) is 5.27. The minimum atomic E-state index is -0.331. The molecule has 1 fully saturated rings. The number of hydrogen-bond acceptors (Lipinski definition) is 3. The van der Waals surface area contributed by atoms with E-state index in [0.717, 1.165) is 42.3 Å². The van der Waals surface area contributed by atoms with Gasteiger partial charge in [-0.25, -0.2) is 4.39 Å². The molecule has 4 rings (SSSR count). The van der Waals surface area contributed by atoms with Crippen LogP contribution in [0.2, 0.25) is 0 Å². The number of nitrogens with zero attached hydrogens (tertiary/aromatic N) is 1. The highest BCUT2D eigenvalue weighted by Gasteiger charge is 2.30. The molecule has 1 saturated heterocycles. The van der Waals surface area contributed by atoms with Crippen LogP contribution >= 0.6 is 0 Å². The quantitative estimate of drug-likeness (QED) is 0.684. The third-order valence-electron chi connectivity index (χ3n) is 5.48. The number of hydrogen-bond donors (Lipinski definition) is 1. The van der Waals surface area contributed by atoms with Gasteiger partial charge in [0, 0.05) is 17.2 Å². The van der Waals surface area contributed by atoms with Gasteiger partial charge in [0.2, 0.25) is 0 Å². The van der Waals surface area contributed by atoms with E-state index in [4.69, 9.17) is 4.74 Å². The van der Waals surface area contributed by atoms with E-state index in [2.05, 4.69) is 4.90 Å². The maximum absolute atomic E-state index is 15.1. The van der Waals surface area contributed by atoms with Gasteiger partial charge in [0.1, 0.15) is 17.3 Å². The summed E-state index contributed by atoms with van der Waals surface area (Å²) in [5.41, 5.74) is 1.35. The van der Waals surface area contributed by atoms with Crippen LogP contribution in [0, 0.1) is 5.82 Å². The van der Waals surface area contributed by atoms with E-state index in [9.17, 15) is 5.11 Å². The van der Waals surface area contributed by atoms with E-state index in [1.165, 1.54) is 19.6 Å². The molecule has 0 radical (unpaired) electrons. The molecule has 0 saturated carbocycles. The van der Waals surface area contributed by atoms with Crippen LogP contribution in [0.3, 0.4) is 0 Å². The molecule has 0 aliphatic carbocycles. The van der Waals surface area contributed by atoms with E-state index in [-0.39, 0.29) is 17.6 Å². The van der Waals surface area contributed by atoms with E-state index in [0.29, 0.717) is 11.3 Å². The van der Waals surface area contributed by atoms with Gasteiger partial charge in [-0.2, -0.15) is 0 Å². The molecule has 140 valence electrons. The van der Waals surface area contributed by atoms with Gasteiger partial charge in [0.15, 0.2) is 0 Å². The first-order valence-corrected chi connectivity index (χ1v) is 9.47. The molecule has 0 amide bonds. The minimum Gasteiger partial charge on any atom is -0.508 e. The standard InChI is InChI=1S/C23H24FNO2/c1-27-17-10-11-19(20(24)15-17)23(25-13-5-2-6-14-25)22-18-8-4-3-7-16(18)9-12-21(22)26/h3-4,7-12,15,23,26H,2,5-6,13-14H2,1H3/t23-/m0/s1. The van der Waals surface area contributed by atoms with Gasteiger partial charge in [0.05, 0.1) is 13.2 Å². The number of ether oxygens (including phenoxy) is 1. The van der Waals surface area contributed by atoms with Crippen molar-refractivity contribution in [3.8, 4) is 11.5 Å². The smallest absolute Gasteiger partial charge is 0.132 e. The zero-order valence-electron chi connectivity index (χ0n) is 15.5. The molecular weight excluding hydrogens is 341 g/mol. The Balaban J connectivity index is 1.93. The molecule has 0 unspecified atom stereocenters. The molecule has 4 heteroatoms. The van der Waals surface area contributed by atoms with Gasteiger partial charge in [-0.05, 0) is 48.8 Å². The van der Waals surface area contributed by atoms with Crippen LogP contribution in [0.4, 0.5) is 4.39 Å². The van der Waals surface area contributed by atoms with Crippen LogP contribution in [0.25, 0.3) is 10.8 Å². The topological polar surface area (TPSA) is 32.7 Å². The molecule has 0 aromatic heterocycles. The lowest BCUT2D eigenvalue weighted by molar-refractivity contribution is 0.183. The first kappa shape index (κ1) is 17.8. The summed E-state index contributed by atoms with van der Waals surface area (Å²) in [5, 5.41) is 12.8. The van der Waals surface area contributed by atoms with E-state index >= 15 is 4.39 Å². The van der Waals surface area contributed by atoms with Gasteiger partial charge < -0.3 is 9.84 Å². The zero-order chi connectivity index (χ0) is 18.8. The second-order valence-electron chi connectivity index (χ2n) is 7.11. The maximum atomic E-state index is 15.1. The highest BCUT2D eigenvalue weighted by molar-refractivity contribution is 5.88. The summed E-state index contributed by atoms with van der Waals surface area (Å²) in [6.07, 6.45) is 3.36. The lowest BCUT2D eigenvalue weighted by Crippen LogP contribution is -2.35. The van der Waals surface area contributed by atoms with Gasteiger partial charge in [-0.3, -0.25) is 4.90 Å². The minimum absolute atomic E-state index is 0.208. The van der Waals surface area contributed by atoms with Crippen molar-refractivity contribution in [2.75, 3.05) is 20.2 Å². The number of fused-ring (bicyclic) bond motifs is 1. The Morgan fingerprint density at radius 1 is 1.00 bits per heavy atom. The molecule has 1 aliphatic heterocycles. The summed E-state index contributed by atoms with van der Waals surface area (Å²) in [6.45, 7) is 1.78. The zero-order valence-corrected chi connectivity index (χ0v) is 15.5. The number of phenols is 1. The number of likely N-dealkylation sites (tertiary alicyclic amines) is 1. The fraction of sp³-hybridized carbons (Fsp3) is 0.304. The van der Waals surface area contributed by atoms with Crippen molar-refractivity contribution < 1.29 is 14.2 Å². The average Bonchev–Trinajstić information content (AvgIpc) is 2.71. The molecule has 1 atom stereocenters. The summed E-state index contributed by atoms with van der Waals surface area (Å²) in [5.74, 6) is 0.396. The predicted molar refractivity (Wildman–Crippen MR) is 106 cm³/mol. The largest absolute Gasteiger partial charge is 0.508 e. The number of benzene rings is 3. The van der Waals surface area contributed by atoms with Crippen LogP contribution in [0.5, 0.6) is 11.5 Å². The first-order valence-electron chi connectivity index (χ1n) is 9.47. The molecule has 3 aromatic rings. The van der Waals surface area contributed by atoms with E-state index < -0.39 is 0 Å². The molecule has 1 aliphatic rings. The highest BCUT2D eigenvalue weighted by Crippen LogP contribution is 2.41. The van der Waals surface area contributed by atoms with Crippen LogP contribution in [0.1, 0.15) is 36.4 Å². The molecule has 3 aromatic carbocycles. The lowest BCUT2D eigenvalue weighted by Gasteiger charge is -2.36. The first-order chi connectivity index (χ1) is 13.2. The molecule has 1 heterocycles. The van der Waals surface area contributed by atoms with Crippen molar-refractivity contribution >= 4 is 10.8 Å². The Morgan fingerprint density at radius 2 is 1.78 bits per heavy atom. The fourth-order valence-electron chi connectivity index (χ4n) is 4.14. The summed E-state index contributed by atoms with van der Waals surface area (Å²) in [6, 6.07) is 16.3. The van der Waals surface area contributed by atoms with Crippen LogP contribution in [0.15, 0.2) is 54.6 Å². The van der Waals surface area contributed by atoms with Crippen molar-refractivity contribution in [3.63, 3.8) is 0 Å². The monoisotopic (exact) mass is 365 g/mol. The Morgan fingerprint density at radius 3 is 2.52 bits per heavy atom. The Labute approximate surface area is 159 Å². The number of aromatic hydroxyl groups is 1. The van der Waals surface area contributed by atoms with Crippen molar-refractivity contribution in [2.45, 2.75) is 25.3 Å². The second kappa shape index (κ2) is 7.57. The van der Waals surface area contributed by atoms with Gasteiger partial charge >= 0.3 is 0 Å². The highest BCUT2D eigenvalue weighted by atomic mass is 19.1. The maximum Gasteiger partial charge on any atom is 0.132 e. The van der Waals surface area contributed by atoms with Crippen molar-refractivity contribution in [3.05, 3.63) is 71.5 Å². The van der Waals surface area contributed by atoms with Crippen molar-refractivity contribution in [1.29, 1.82) is 0 Å². The molecule has 27 heavy (non-hydrogen) atoms. The summed E-state index contributed by atoms with van der Waals surface area (Å²) < 4.78 is 20.2.